The molecule has 27 heavy (non-hydrogen) atoms. The maximum Gasteiger partial charge on any atom is 0.274 e. The maximum absolute atomic E-state index is 13.1. The lowest BCUT2D eigenvalue weighted by molar-refractivity contribution is 0.0956. The third-order valence-electron chi connectivity index (χ3n) is 3.55. The van der Waals surface area contributed by atoms with E-state index in [9.17, 15) is 14.0 Å². The lowest BCUT2D eigenvalue weighted by atomic mass is 10.1. The quantitative estimate of drug-likeness (QED) is 0.540. The first kappa shape index (κ1) is 17.9. The molecule has 3 rings (SSSR count). The van der Waals surface area contributed by atoms with Crippen LogP contribution in [0.25, 0.3) is 0 Å². The van der Waals surface area contributed by atoms with Gasteiger partial charge in [-0.3, -0.25) is 14.6 Å². The fraction of sp³-hybridized carbons (Fsp3) is 0. The Morgan fingerprint density at radius 2 is 1.78 bits per heavy atom. The van der Waals surface area contributed by atoms with Crippen molar-refractivity contribution in [2.24, 2.45) is 5.10 Å². The smallest absolute Gasteiger partial charge is 0.274 e. The van der Waals surface area contributed by atoms with Crippen molar-refractivity contribution in [3.8, 4) is 0 Å². The molecule has 0 bridgehead atoms. The molecule has 0 atom stereocenters. The average molecular weight is 362 g/mol. The van der Waals surface area contributed by atoms with Gasteiger partial charge < -0.3 is 5.32 Å². The highest BCUT2D eigenvalue weighted by Crippen LogP contribution is 2.16. The summed E-state index contributed by atoms with van der Waals surface area (Å²) in [4.78, 5) is 28.6. The Labute approximate surface area is 154 Å². The van der Waals surface area contributed by atoms with Crippen LogP contribution in [0.15, 0.2) is 78.0 Å². The van der Waals surface area contributed by atoms with Gasteiger partial charge >= 0.3 is 0 Å². The summed E-state index contributed by atoms with van der Waals surface area (Å²) >= 11 is 0. The van der Waals surface area contributed by atoms with Crippen molar-refractivity contribution in [2.45, 2.75) is 0 Å². The van der Waals surface area contributed by atoms with Crippen LogP contribution in [-0.4, -0.2) is 23.0 Å². The fourth-order valence-corrected chi connectivity index (χ4v) is 2.29. The summed E-state index contributed by atoms with van der Waals surface area (Å²) in [6.07, 6.45) is 2.84. The predicted molar refractivity (Wildman–Crippen MR) is 100 cm³/mol. The number of aromatic nitrogens is 1. The number of halogens is 1. The lowest BCUT2D eigenvalue weighted by Crippen LogP contribution is -2.21. The summed E-state index contributed by atoms with van der Waals surface area (Å²) in [7, 11) is 0. The highest BCUT2D eigenvalue weighted by molar-refractivity contribution is 6.08. The summed E-state index contributed by atoms with van der Waals surface area (Å²) in [6, 6.07) is 17.3. The van der Waals surface area contributed by atoms with Crippen LogP contribution in [-0.2, 0) is 0 Å². The van der Waals surface area contributed by atoms with E-state index in [1.807, 2.05) is 0 Å². The van der Waals surface area contributed by atoms with Gasteiger partial charge in [0.05, 0.1) is 17.5 Å². The summed E-state index contributed by atoms with van der Waals surface area (Å²) in [5.74, 6) is -1.34. The van der Waals surface area contributed by atoms with Gasteiger partial charge in [-0.15, -0.1) is 0 Å². The Kier molecular flexibility index (Phi) is 5.64. The second-order valence-corrected chi connectivity index (χ2v) is 5.47. The van der Waals surface area contributed by atoms with Crippen molar-refractivity contribution in [1.82, 2.24) is 10.4 Å². The van der Waals surface area contributed by atoms with Crippen LogP contribution < -0.4 is 10.7 Å². The summed E-state index contributed by atoms with van der Waals surface area (Å²) < 4.78 is 13.1. The van der Waals surface area contributed by atoms with Gasteiger partial charge in [0, 0.05) is 6.20 Å². The van der Waals surface area contributed by atoms with Crippen LogP contribution in [0.1, 0.15) is 26.4 Å². The Bertz CT molecular complexity index is 990. The predicted octanol–water partition coefficient (Wildman–Crippen LogP) is 3.24. The Morgan fingerprint density at radius 3 is 2.56 bits per heavy atom. The number of rotatable bonds is 5. The minimum absolute atomic E-state index is 0.233. The first-order valence-electron chi connectivity index (χ1n) is 8.04. The van der Waals surface area contributed by atoms with Crippen LogP contribution in [0.2, 0.25) is 0 Å². The number of hydrazone groups is 1. The molecule has 0 fully saturated rings. The number of benzene rings is 2. The molecule has 0 saturated carbocycles. The molecule has 0 unspecified atom stereocenters. The van der Waals surface area contributed by atoms with Crippen molar-refractivity contribution in [3.05, 3.63) is 95.6 Å². The molecule has 0 radical (unpaired) electrons. The monoisotopic (exact) mass is 362 g/mol. The maximum atomic E-state index is 13.1. The number of hydrogen-bond acceptors (Lipinski definition) is 4. The summed E-state index contributed by atoms with van der Waals surface area (Å²) in [5.41, 5.74) is 3.66. The number of anilines is 1. The number of nitrogens with one attached hydrogen (secondary N) is 2. The number of pyridine rings is 1. The SMILES string of the molecule is O=C(Nc1ccccc1C(=O)NN=Cc1cccc(F)c1)c1ccccn1. The standard InChI is InChI=1S/C20H15FN4O2/c21-15-7-5-6-14(12-15)13-23-25-19(26)16-8-1-2-9-17(16)24-20(27)18-10-3-4-11-22-18/h1-13H,(H,24,27)(H,25,26). The number of carbonyl (C=O) groups is 2. The molecule has 3 aromatic rings. The number of hydrogen-bond donors (Lipinski definition) is 2. The van der Waals surface area contributed by atoms with Crippen molar-refractivity contribution in [1.29, 1.82) is 0 Å². The number of carbonyl (C=O) groups excluding carboxylic acids is 2. The van der Waals surface area contributed by atoms with Gasteiger partial charge in [0.25, 0.3) is 11.8 Å². The van der Waals surface area contributed by atoms with Gasteiger partial charge in [-0.1, -0.05) is 30.3 Å². The molecule has 6 nitrogen and oxygen atoms in total. The molecule has 7 heteroatoms. The van der Waals surface area contributed by atoms with E-state index in [1.165, 1.54) is 24.5 Å². The van der Waals surface area contributed by atoms with Crippen LogP contribution in [0.4, 0.5) is 10.1 Å². The van der Waals surface area contributed by atoms with Crippen molar-refractivity contribution < 1.29 is 14.0 Å². The van der Waals surface area contributed by atoms with E-state index in [-0.39, 0.29) is 11.3 Å². The van der Waals surface area contributed by atoms with Crippen molar-refractivity contribution >= 4 is 23.7 Å². The molecule has 2 amide bonds. The Hall–Kier alpha value is -3.87. The topological polar surface area (TPSA) is 83.5 Å². The third-order valence-corrected chi connectivity index (χ3v) is 3.55. The molecular weight excluding hydrogens is 347 g/mol. The molecule has 0 aliphatic carbocycles. The van der Waals surface area contributed by atoms with Crippen LogP contribution in [0.3, 0.4) is 0 Å². The number of nitrogens with zero attached hydrogens (tertiary/aromatic N) is 2. The van der Waals surface area contributed by atoms with Crippen molar-refractivity contribution in [2.75, 3.05) is 5.32 Å². The average Bonchev–Trinajstić information content (AvgIpc) is 2.69. The molecule has 0 aliphatic rings. The second-order valence-electron chi connectivity index (χ2n) is 5.47. The highest BCUT2D eigenvalue weighted by Gasteiger charge is 2.14. The van der Waals surface area contributed by atoms with Gasteiger partial charge in [0.1, 0.15) is 11.5 Å². The molecule has 0 saturated heterocycles. The molecule has 134 valence electrons. The summed E-state index contributed by atoms with van der Waals surface area (Å²) in [5, 5.41) is 6.48. The molecular formula is C20H15FN4O2. The lowest BCUT2D eigenvalue weighted by Gasteiger charge is -2.09. The minimum atomic E-state index is -0.514. The third kappa shape index (κ3) is 4.82. The number of para-hydroxylation sites is 1. The molecule has 0 aliphatic heterocycles. The zero-order chi connectivity index (χ0) is 19.1. The fourth-order valence-electron chi connectivity index (χ4n) is 2.29. The van der Waals surface area contributed by atoms with E-state index in [1.54, 1.807) is 54.6 Å². The molecule has 2 N–H and O–H groups in total. The van der Waals surface area contributed by atoms with Gasteiger partial charge in [0.2, 0.25) is 0 Å². The van der Waals surface area contributed by atoms with Crippen molar-refractivity contribution in [3.63, 3.8) is 0 Å². The Balaban J connectivity index is 1.71. The molecule has 1 heterocycles. The first-order chi connectivity index (χ1) is 13.1. The van der Waals surface area contributed by atoms with Gasteiger partial charge in [-0.25, -0.2) is 9.82 Å². The van der Waals surface area contributed by atoms with Crippen LogP contribution in [0, 0.1) is 5.82 Å². The van der Waals surface area contributed by atoms with E-state index in [0.29, 0.717) is 11.3 Å². The van der Waals surface area contributed by atoms with Gasteiger partial charge in [-0.05, 0) is 42.0 Å². The Morgan fingerprint density at radius 1 is 0.963 bits per heavy atom. The van der Waals surface area contributed by atoms with E-state index in [2.05, 4.69) is 20.8 Å². The van der Waals surface area contributed by atoms with Gasteiger partial charge in [0.15, 0.2) is 0 Å². The zero-order valence-electron chi connectivity index (χ0n) is 14.1. The minimum Gasteiger partial charge on any atom is -0.320 e. The van der Waals surface area contributed by atoms with E-state index < -0.39 is 17.6 Å². The van der Waals surface area contributed by atoms with E-state index in [0.717, 1.165) is 0 Å². The molecule has 2 aromatic carbocycles. The molecule has 1 aromatic heterocycles. The highest BCUT2D eigenvalue weighted by atomic mass is 19.1. The van der Waals surface area contributed by atoms with Crippen LogP contribution in [0.5, 0.6) is 0 Å². The number of amides is 2. The van der Waals surface area contributed by atoms with E-state index >= 15 is 0 Å². The van der Waals surface area contributed by atoms with Crippen LogP contribution >= 0.6 is 0 Å². The summed E-state index contributed by atoms with van der Waals surface area (Å²) in [6.45, 7) is 0. The van der Waals surface area contributed by atoms with E-state index in [4.69, 9.17) is 0 Å². The normalized spacial score (nSPS) is 10.6. The van der Waals surface area contributed by atoms with Gasteiger partial charge in [-0.2, -0.15) is 5.10 Å². The molecule has 0 spiro atoms. The second kappa shape index (κ2) is 8.48. The first-order valence-corrected chi connectivity index (χ1v) is 8.04. The largest absolute Gasteiger partial charge is 0.320 e. The zero-order valence-corrected chi connectivity index (χ0v) is 14.1.